The average Bonchev–Trinajstić information content (AvgIpc) is 2.73. The summed E-state index contributed by atoms with van der Waals surface area (Å²) in [7, 11) is 1.61. The lowest BCUT2D eigenvalue weighted by Gasteiger charge is -2.10. The second-order valence-electron chi connectivity index (χ2n) is 5.95. The first kappa shape index (κ1) is 16.7. The number of nitrogens with zero attached hydrogens (tertiary/aromatic N) is 3. The number of nitro groups is 1. The van der Waals surface area contributed by atoms with E-state index < -0.39 is 4.92 Å². The summed E-state index contributed by atoms with van der Waals surface area (Å²) in [5.41, 5.74) is 3.05. The van der Waals surface area contributed by atoms with Crippen LogP contribution in [0.2, 0.25) is 0 Å². The first-order valence-electron chi connectivity index (χ1n) is 8.32. The van der Waals surface area contributed by atoms with Gasteiger partial charge in [0.15, 0.2) is 5.82 Å². The first-order chi connectivity index (χ1) is 13.2. The summed E-state index contributed by atoms with van der Waals surface area (Å²) < 4.78 is 5.20. The van der Waals surface area contributed by atoms with E-state index in [4.69, 9.17) is 9.72 Å². The molecule has 0 atom stereocenters. The number of nitro benzene ring substituents is 1. The molecule has 27 heavy (non-hydrogen) atoms. The Morgan fingerprint density at radius 1 is 0.889 bits per heavy atom. The fraction of sp³-hybridized carbons (Fsp3) is 0.0476. The number of rotatable bonds is 4. The summed E-state index contributed by atoms with van der Waals surface area (Å²) in [5, 5.41) is 11.8. The molecule has 4 rings (SSSR count). The Hall–Kier alpha value is -3.80. The minimum absolute atomic E-state index is 0.0143. The highest BCUT2D eigenvalue weighted by Gasteiger charge is 2.15. The van der Waals surface area contributed by atoms with Crippen LogP contribution in [0.25, 0.3) is 33.5 Å². The lowest BCUT2D eigenvalue weighted by Crippen LogP contribution is -1.96. The van der Waals surface area contributed by atoms with Crippen LogP contribution in [0, 0.1) is 10.1 Å². The summed E-state index contributed by atoms with van der Waals surface area (Å²) in [5.74, 6) is 1.30. The summed E-state index contributed by atoms with van der Waals surface area (Å²) in [6.07, 6.45) is 0. The predicted octanol–water partition coefficient (Wildman–Crippen LogP) is 4.88. The maximum absolute atomic E-state index is 11.2. The number of fused-ring (bicyclic) bond motifs is 1. The third kappa shape index (κ3) is 3.20. The normalized spacial score (nSPS) is 10.7. The Balaban J connectivity index is 1.96. The average molecular weight is 357 g/mol. The molecule has 0 N–H and O–H groups in total. The van der Waals surface area contributed by atoms with E-state index in [-0.39, 0.29) is 5.69 Å². The van der Waals surface area contributed by atoms with Crippen LogP contribution in [0.15, 0.2) is 72.8 Å². The van der Waals surface area contributed by atoms with Crippen LogP contribution in [0.5, 0.6) is 5.75 Å². The highest BCUT2D eigenvalue weighted by Crippen LogP contribution is 2.31. The van der Waals surface area contributed by atoms with Gasteiger partial charge in [0.25, 0.3) is 5.69 Å². The molecule has 1 heterocycles. The van der Waals surface area contributed by atoms with Crippen molar-refractivity contribution in [2.75, 3.05) is 7.11 Å². The van der Waals surface area contributed by atoms with Gasteiger partial charge < -0.3 is 4.74 Å². The van der Waals surface area contributed by atoms with Gasteiger partial charge in [-0.05, 0) is 30.3 Å². The van der Waals surface area contributed by atoms with Gasteiger partial charge in [0.1, 0.15) is 5.75 Å². The van der Waals surface area contributed by atoms with E-state index in [1.165, 1.54) is 12.1 Å². The molecule has 0 radical (unpaired) electrons. The zero-order chi connectivity index (χ0) is 18.8. The van der Waals surface area contributed by atoms with Crippen molar-refractivity contribution in [2.24, 2.45) is 0 Å². The van der Waals surface area contributed by atoms with Crippen LogP contribution < -0.4 is 4.74 Å². The van der Waals surface area contributed by atoms with Crippen molar-refractivity contribution in [1.29, 1.82) is 0 Å². The molecule has 3 aromatic carbocycles. The Bertz CT molecular complexity index is 1130. The van der Waals surface area contributed by atoms with Gasteiger partial charge >= 0.3 is 0 Å². The van der Waals surface area contributed by atoms with E-state index in [9.17, 15) is 10.1 Å². The fourth-order valence-corrected chi connectivity index (χ4v) is 2.92. The number of benzene rings is 3. The van der Waals surface area contributed by atoms with E-state index in [1.807, 2.05) is 54.6 Å². The highest BCUT2D eigenvalue weighted by atomic mass is 16.6. The van der Waals surface area contributed by atoms with Crippen molar-refractivity contribution in [1.82, 2.24) is 9.97 Å². The molecule has 0 fully saturated rings. The zero-order valence-electron chi connectivity index (χ0n) is 14.5. The number of non-ortho nitro benzene ring substituents is 1. The Kier molecular flexibility index (Phi) is 4.22. The van der Waals surface area contributed by atoms with Crippen LogP contribution in [-0.4, -0.2) is 22.0 Å². The molecule has 132 valence electrons. The van der Waals surface area contributed by atoms with Gasteiger partial charge in [-0.1, -0.05) is 30.3 Å². The van der Waals surface area contributed by atoms with E-state index in [2.05, 4.69) is 4.98 Å². The maximum Gasteiger partial charge on any atom is 0.270 e. The summed E-state index contributed by atoms with van der Waals surface area (Å²) in [6, 6.07) is 21.7. The molecule has 0 aliphatic heterocycles. The molecule has 0 saturated carbocycles. The van der Waals surface area contributed by atoms with Crippen LogP contribution in [0.4, 0.5) is 5.69 Å². The molecule has 6 nitrogen and oxygen atoms in total. The number of hydrogen-bond acceptors (Lipinski definition) is 5. The summed E-state index contributed by atoms with van der Waals surface area (Å²) in [6.45, 7) is 0. The Morgan fingerprint density at radius 2 is 1.63 bits per heavy atom. The lowest BCUT2D eigenvalue weighted by atomic mass is 10.0. The predicted molar refractivity (Wildman–Crippen MR) is 104 cm³/mol. The molecule has 1 aromatic heterocycles. The minimum atomic E-state index is -0.411. The number of aromatic nitrogens is 2. The van der Waals surface area contributed by atoms with Crippen molar-refractivity contribution >= 4 is 16.6 Å². The van der Waals surface area contributed by atoms with Crippen molar-refractivity contribution in [3.05, 3.63) is 82.9 Å². The van der Waals surface area contributed by atoms with E-state index >= 15 is 0 Å². The number of methoxy groups -OCH3 is 1. The molecule has 0 amide bonds. The standard InChI is InChI=1S/C21H15N3O3/c1-27-17-10-7-15(8-11-17)21-22-19-12-9-16(24(25)26)13-18(19)20(23-21)14-5-3-2-4-6-14/h2-13H,1H3. The van der Waals surface area contributed by atoms with Crippen molar-refractivity contribution in [3.8, 4) is 28.4 Å². The molecule has 0 aliphatic rings. The topological polar surface area (TPSA) is 78.2 Å². The van der Waals surface area contributed by atoms with Gasteiger partial charge in [-0.15, -0.1) is 0 Å². The van der Waals surface area contributed by atoms with Gasteiger partial charge in [-0.25, -0.2) is 9.97 Å². The summed E-state index contributed by atoms with van der Waals surface area (Å²) >= 11 is 0. The van der Waals surface area contributed by atoms with Crippen LogP contribution in [-0.2, 0) is 0 Å². The SMILES string of the molecule is COc1ccc(-c2nc(-c3ccccc3)c3cc([N+](=O)[O-])ccc3n2)cc1. The van der Waals surface area contributed by atoms with Crippen molar-refractivity contribution in [2.45, 2.75) is 0 Å². The molecule has 0 aliphatic carbocycles. The molecule has 0 spiro atoms. The van der Waals surface area contributed by atoms with Gasteiger partial charge in [-0.2, -0.15) is 0 Å². The second-order valence-corrected chi connectivity index (χ2v) is 5.95. The largest absolute Gasteiger partial charge is 0.497 e. The minimum Gasteiger partial charge on any atom is -0.497 e. The van der Waals surface area contributed by atoms with Gasteiger partial charge in [0.2, 0.25) is 0 Å². The molecule has 4 aromatic rings. The molecule has 0 bridgehead atoms. The maximum atomic E-state index is 11.2. The smallest absolute Gasteiger partial charge is 0.270 e. The highest BCUT2D eigenvalue weighted by molar-refractivity contribution is 5.95. The molecule has 0 saturated heterocycles. The van der Waals surface area contributed by atoms with Gasteiger partial charge in [0.05, 0.1) is 23.2 Å². The van der Waals surface area contributed by atoms with E-state index in [0.29, 0.717) is 22.4 Å². The van der Waals surface area contributed by atoms with E-state index in [0.717, 1.165) is 16.9 Å². The van der Waals surface area contributed by atoms with E-state index in [1.54, 1.807) is 13.2 Å². The third-order valence-electron chi connectivity index (χ3n) is 4.29. The van der Waals surface area contributed by atoms with Crippen molar-refractivity contribution in [3.63, 3.8) is 0 Å². The zero-order valence-corrected chi connectivity index (χ0v) is 14.5. The van der Waals surface area contributed by atoms with Gasteiger partial charge in [-0.3, -0.25) is 10.1 Å². The molecular formula is C21H15N3O3. The van der Waals surface area contributed by atoms with Crippen molar-refractivity contribution < 1.29 is 9.66 Å². The number of hydrogen-bond donors (Lipinski definition) is 0. The Labute approximate surface area is 155 Å². The van der Waals surface area contributed by atoms with Crippen LogP contribution in [0.3, 0.4) is 0 Å². The first-order valence-corrected chi connectivity index (χ1v) is 8.32. The quantitative estimate of drug-likeness (QED) is 0.384. The molecule has 6 heteroatoms. The van der Waals surface area contributed by atoms with Gasteiger partial charge in [0, 0.05) is 28.6 Å². The summed E-state index contributed by atoms with van der Waals surface area (Å²) in [4.78, 5) is 20.1. The monoisotopic (exact) mass is 357 g/mol. The molecular weight excluding hydrogens is 342 g/mol. The fourth-order valence-electron chi connectivity index (χ4n) is 2.92. The third-order valence-corrected chi connectivity index (χ3v) is 4.29. The second kappa shape index (κ2) is 6.84. The van der Waals surface area contributed by atoms with Crippen LogP contribution >= 0.6 is 0 Å². The van der Waals surface area contributed by atoms with Crippen LogP contribution in [0.1, 0.15) is 0 Å². The molecule has 0 unspecified atom stereocenters. The number of ether oxygens (including phenoxy) is 1. The Morgan fingerprint density at radius 3 is 2.30 bits per heavy atom. The lowest BCUT2D eigenvalue weighted by molar-refractivity contribution is -0.384.